The van der Waals surface area contributed by atoms with Crippen LogP contribution in [0.5, 0.6) is 0 Å². The lowest BCUT2D eigenvalue weighted by molar-refractivity contribution is 0.102. The SMILES string of the molecule is CCc1nnc(NC(=O)c2cccc(CS(C)(=O)=O)c2)s1. The van der Waals surface area contributed by atoms with Crippen molar-refractivity contribution in [2.24, 2.45) is 0 Å². The van der Waals surface area contributed by atoms with Crippen molar-refractivity contribution in [1.29, 1.82) is 0 Å². The van der Waals surface area contributed by atoms with Crippen molar-refractivity contribution in [2.45, 2.75) is 19.1 Å². The fraction of sp³-hybridized carbons (Fsp3) is 0.308. The Morgan fingerprint density at radius 1 is 1.33 bits per heavy atom. The lowest BCUT2D eigenvalue weighted by Gasteiger charge is -2.04. The molecule has 1 amide bonds. The van der Waals surface area contributed by atoms with Gasteiger partial charge in [0.25, 0.3) is 5.91 Å². The van der Waals surface area contributed by atoms with Gasteiger partial charge in [0.2, 0.25) is 5.13 Å². The summed E-state index contributed by atoms with van der Waals surface area (Å²) < 4.78 is 22.6. The number of hydrogen-bond acceptors (Lipinski definition) is 6. The minimum atomic E-state index is -3.13. The van der Waals surface area contributed by atoms with E-state index in [1.165, 1.54) is 11.3 Å². The maximum absolute atomic E-state index is 12.1. The van der Waals surface area contributed by atoms with Crippen LogP contribution < -0.4 is 5.32 Å². The number of aryl methyl sites for hydroxylation is 1. The van der Waals surface area contributed by atoms with Crippen molar-refractivity contribution in [3.05, 3.63) is 40.4 Å². The third-order valence-electron chi connectivity index (χ3n) is 2.61. The summed E-state index contributed by atoms with van der Waals surface area (Å²) in [4.78, 5) is 12.1. The van der Waals surface area contributed by atoms with Gasteiger partial charge in [-0.1, -0.05) is 30.4 Å². The van der Waals surface area contributed by atoms with E-state index in [0.717, 1.165) is 17.7 Å². The van der Waals surface area contributed by atoms with E-state index in [1.807, 2.05) is 6.92 Å². The molecule has 0 saturated heterocycles. The molecule has 1 heterocycles. The Morgan fingerprint density at radius 2 is 2.10 bits per heavy atom. The van der Waals surface area contributed by atoms with Crippen LogP contribution in [0.25, 0.3) is 0 Å². The molecule has 0 unspecified atom stereocenters. The molecule has 1 N–H and O–H groups in total. The Morgan fingerprint density at radius 3 is 2.71 bits per heavy atom. The van der Waals surface area contributed by atoms with E-state index in [-0.39, 0.29) is 11.7 Å². The molecule has 0 spiro atoms. The highest BCUT2D eigenvalue weighted by molar-refractivity contribution is 7.89. The van der Waals surface area contributed by atoms with Crippen LogP contribution in [0.2, 0.25) is 0 Å². The average Bonchev–Trinajstić information content (AvgIpc) is 2.84. The molecule has 112 valence electrons. The van der Waals surface area contributed by atoms with E-state index in [9.17, 15) is 13.2 Å². The molecule has 0 radical (unpaired) electrons. The van der Waals surface area contributed by atoms with Gasteiger partial charge >= 0.3 is 0 Å². The second kappa shape index (κ2) is 6.31. The number of rotatable bonds is 5. The standard InChI is InChI=1S/C13H15N3O3S2/c1-3-11-15-16-13(20-11)14-12(17)10-6-4-5-9(7-10)8-21(2,18)19/h4-7H,3,8H2,1-2H3,(H,14,16,17). The summed E-state index contributed by atoms with van der Waals surface area (Å²) >= 11 is 1.32. The third-order valence-corrected chi connectivity index (χ3v) is 4.45. The summed E-state index contributed by atoms with van der Waals surface area (Å²) in [6.07, 6.45) is 1.92. The lowest BCUT2D eigenvalue weighted by atomic mass is 10.1. The van der Waals surface area contributed by atoms with Gasteiger partial charge < -0.3 is 0 Å². The van der Waals surface area contributed by atoms with Crippen LogP contribution >= 0.6 is 11.3 Å². The summed E-state index contributed by atoms with van der Waals surface area (Å²) in [6, 6.07) is 6.53. The van der Waals surface area contributed by atoms with E-state index in [2.05, 4.69) is 15.5 Å². The van der Waals surface area contributed by atoms with Crippen LogP contribution in [0, 0.1) is 0 Å². The number of benzene rings is 1. The molecule has 2 rings (SSSR count). The van der Waals surface area contributed by atoms with Crippen molar-refractivity contribution in [3.63, 3.8) is 0 Å². The van der Waals surface area contributed by atoms with E-state index in [0.29, 0.717) is 16.3 Å². The highest BCUT2D eigenvalue weighted by Crippen LogP contribution is 2.17. The van der Waals surface area contributed by atoms with Gasteiger partial charge in [-0.05, 0) is 24.1 Å². The zero-order valence-electron chi connectivity index (χ0n) is 11.7. The van der Waals surface area contributed by atoms with Gasteiger partial charge in [-0.3, -0.25) is 10.1 Å². The number of hydrogen-bond donors (Lipinski definition) is 1. The zero-order chi connectivity index (χ0) is 15.5. The van der Waals surface area contributed by atoms with Crippen molar-refractivity contribution in [2.75, 3.05) is 11.6 Å². The highest BCUT2D eigenvalue weighted by Gasteiger charge is 2.11. The summed E-state index contributed by atoms with van der Waals surface area (Å²) in [5.41, 5.74) is 0.973. The molecule has 8 heteroatoms. The number of anilines is 1. The van der Waals surface area contributed by atoms with Crippen LogP contribution in [0.3, 0.4) is 0 Å². The number of nitrogens with zero attached hydrogens (tertiary/aromatic N) is 2. The molecule has 1 aromatic heterocycles. The maximum Gasteiger partial charge on any atom is 0.257 e. The van der Waals surface area contributed by atoms with Gasteiger partial charge in [0.15, 0.2) is 9.84 Å². The molecule has 21 heavy (non-hydrogen) atoms. The summed E-state index contributed by atoms with van der Waals surface area (Å²) in [7, 11) is -3.13. The molecule has 0 saturated carbocycles. The third kappa shape index (κ3) is 4.61. The molecule has 0 bridgehead atoms. The first kappa shape index (κ1) is 15.6. The summed E-state index contributed by atoms with van der Waals surface area (Å²) in [6.45, 7) is 1.96. The minimum absolute atomic E-state index is 0.0904. The number of carbonyl (C=O) groups excluding carboxylic acids is 1. The fourth-order valence-electron chi connectivity index (χ4n) is 1.72. The second-order valence-electron chi connectivity index (χ2n) is 4.58. The molecule has 0 fully saturated rings. The average molecular weight is 325 g/mol. The Labute approximate surface area is 127 Å². The van der Waals surface area contributed by atoms with Crippen molar-refractivity contribution in [1.82, 2.24) is 10.2 Å². The largest absolute Gasteiger partial charge is 0.296 e. The zero-order valence-corrected chi connectivity index (χ0v) is 13.3. The van der Waals surface area contributed by atoms with Gasteiger partial charge in [-0.25, -0.2) is 8.42 Å². The van der Waals surface area contributed by atoms with Crippen LogP contribution in [0.1, 0.15) is 27.9 Å². The molecule has 0 aliphatic rings. The number of aromatic nitrogens is 2. The van der Waals surface area contributed by atoms with Gasteiger partial charge in [0, 0.05) is 11.8 Å². The Bertz CT molecular complexity index is 754. The van der Waals surface area contributed by atoms with E-state index in [4.69, 9.17) is 0 Å². The number of amides is 1. The molecule has 1 aromatic carbocycles. The van der Waals surface area contributed by atoms with Crippen LogP contribution in [0.15, 0.2) is 24.3 Å². The van der Waals surface area contributed by atoms with Crippen LogP contribution in [-0.2, 0) is 22.0 Å². The molecular formula is C13H15N3O3S2. The lowest BCUT2D eigenvalue weighted by Crippen LogP contribution is -2.12. The van der Waals surface area contributed by atoms with E-state index in [1.54, 1.807) is 24.3 Å². The second-order valence-corrected chi connectivity index (χ2v) is 7.78. The Balaban J connectivity index is 2.13. The predicted octanol–water partition coefficient (Wildman–Crippen LogP) is 1.90. The van der Waals surface area contributed by atoms with E-state index >= 15 is 0 Å². The normalized spacial score (nSPS) is 11.3. The number of sulfone groups is 1. The quantitative estimate of drug-likeness (QED) is 0.907. The Hall–Kier alpha value is -1.80. The molecule has 0 aliphatic heterocycles. The first-order chi connectivity index (χ1) is 9.87. The topological polar surface area (TPSA) is 89.0 Å². The maximum atomic E-state index is 12.1. The predicted molar refractivity (Wildman–Crippen MR) is 82.2 cm³/mol. The van der Waals surface area contributed by atoms with E-state index < -0.39 is 9.84 Å². The van der Waals surface area contributed by atoms with Crippen molar-refractivity contribution < 1.29 is 13.2 Å². The van der Waals surface area contributed by atoms with Crippen molar-refractivity contribution in [3.8, 4) is 0 Å². The summed E-state index contributed by atoms with van der Waals surface area (Å²) in [5, 5.41) is 11.7. The van der Waals surface area contributed by atoms with Crippen molar-refractivity contribution >= 4 is 32.2 Å². The monoisotopic (exact) mass is 325 g/mol. The molecular weight excluding hydrogens is 310 g/mol. The van der Waals surface area contributed by atoms with Gasteiger partial charge in [0.1, 0.15) is 5.01 Å². The highest BCUT2D eigenvalue weighted by atomic mass is 32.2. The van der Waals surface area contributed by atoms with Gasteiger partial charge in [-0.2, -0.15) is 0 Å². The molecule has 0 atom stereocenters. The molecule has 0 aliphatic carbocycles. The number of nitrogens with one attached hydrogen (secondary N) is 1. The van der Waals surface area contributed by atoms with Crippen LogP contribution in [0.4, 0.5) is 5.13 Å². The smallest absolute Gasteiger partial charge is 0.257 e. The van der Waals surface area contributed by atoms with Gasteiger partial charge in [0.05, 0.1) is 5.75 Å². The molecule has 2 aromatic rings. The number of carbonyl (C=O) groups is 1. The minimum Gasteiger partial charge on any atom is -0.296 e. The van der Waals surface area contributed by atoms with Gasteiger partial charge in [-0.15, -0.1) is 10.2 Å². The Kier molecular flexibility index (Phi) is 4.69. The summed E-state index contributed by atoms with van der Waals surface area (Å²) in [5.74, 6) is -0.420. The first-order valence-electron chi connectivity index (χ1n) is 6.28. The first-order valence-corrected chi connectivity index (χ1v) is 9.15. The molecule has 6 nitrogen and oxygen atoms in total. The fourth-order valence-corrected chi connectivity index (χ4v) is 3.18. The van der Waals surface area contributed by atoms with Crippen LogP contribution in [-0.4, -0.2) is 30.8 Å².